The van der Waals surface area contributed by atoms with Gasteiger partial charge in [-0.3, -0.25) is 9.59 Å². The second kappa shape index (κ2) is 14.2. The maximum atomic E-state index is 11.3. The van der Waals surface area contributed by atoms with Crippen molar-refractivity contribution < 1.29 is 9.59 Å². The van der Waals surface area contributed by atoms with E-state index in [0.717, 1.165) is 17.9 Å². The Balaban J connectivity index is 1.75. The number of imide groups is 1. The second-order valence-electron chi connectivity index (χ2n) is 6.85. The largest absolute Gasteiger partial charge is 0.268 e. The van der Waals surface area contributed by atoms with Gasteiger partial charge in [0.25, 0.3) is 11.8 Å². The average molecular weight is 337 g/mol. The molecule has 138 valence electrons. The molecule has 1 aliphatic rings. The van der Waals surface area contributed by atoms with Gasteiger partial charge in [0, 0.05) is 18.7 Å². The van der Waals surface area contributed by atoms with Crippen LogP contribution in [-0.2, 0) is 9.59 Å². The van der Waals surface area contributed by atoms with Gasteiger partial charge in [0.1, 0.15) is 0 Å². The first-order valence-corrected chi connectivity index (χ1v) is 10.1. The van der Waals surface area contributed by atoms with Crippen LogP contribution < -0.4 is 5.43 Å². The van der Waals surface area contributed by atoms with Gasteiger partial charge in [-0.05, 0) is 6.42 Å². The molecule has 4 heteroatoms. The molecule has 0 fully saturated rings. The Kier molecular flexibility index (Phi) is 12.4. The van der Waals surface area contributed by atoms with Crippen LogP contribution in [-0.4, -0.2) is 23.4 Å². The molecule has 0 aromatic heterocycles. The van der Waals surface area contributed by atoms with Crippen molar-refractivity contribution in [3.8, 4) is 0 Å². The number of carbonyl (C=O) groups is 2. The molecule has 1 aliphatic heterocycles. The first-order valence-electron chi connectivity index (χ1n) is 10.1. The molecular weight excluding hydrogens is 300 g/mol. The van der Waals surface area contributed by atoms with Gasteiger partial charge >= 0.3 is 0 Å². The zero-order chi connectivity index (χ0) is 17.5. The van der Waals surface area contributed by atoms with E-state index >= 15 is 0 Å². The van der Waals surface area contributed by atoms with Crippen LogP contribution in [0.3, 0.4) is 0 Å². The van der Waals surface area contributed by atoms with Crippen molar-refractivity contribution >= 4 is 11.8 Å². The number of hydrazine groups is 1. The Morgan fingerprint density at radius 1 is 0.667 bits per heavy atom. The van der Waals surface area contributed by atoms with E-state index in [2.05, 4.69) is 12.3 Å². The monoisotopic (exact) mass is 336 g/mol. The first kappa shape index (κ1) is 20.9. The predicted molar refractivity (Wildman–Crippen MR) is 99.3 cm³/mol. The maximum Gasteiger partial charge on any atom is 0.268 e. The van der Waals surface area contributed by atoms with Crippen molar-refractivity contribution in [1.29, 1.82) is 0 Å². The van der Waals surface area contributed by atoms with E-state index in [4.69, 9.17) is 0 Å². The van der Waals surface area contributed by atoms with E-state index in [-0.39, 0.29) is 11.8 Å². The SMILES string of the molecule is CCCCCCCCCCCCCCCCNN1C(=O)C=CC1=O. The molecule has 0 saturated heterocycles. The van der Waals surface area contributed by atoms with E-state index in [1.165, 1.54) is 89.2 Å². The summed E-state index contributed by atoms with van der Waals surface area (Å²) in [4.78, 5) is 22.6. The lowest BCUT2D eigenvalue weighted by Gasteiger charge is -2.14. The predicted octanol–water partition coefficient (Wildman–Crippen LogP) is 4.90. The highest BCUT2D eigenvalue weighted by Crippen LogP contribution is 2.12. The first-order chi connectivity index (χ1) is 11.8. The van der Waals surface area contributed by atoms with Crippen LogP contribution in [0.2, 0.25) is 0 Å². The van der Waals surface area contributed by atoms with Crippen LogP contribution in [0.4, 0.5) is 0 Å². The summed E-state index contributed by atoms with van der Waals surface area (Å²) < 4.78 is 0. The van der Waals surface area contributed by atoms with Crippen molar-refractivity contribution in [3.05, 3.63) is 12.2 Å². The molecule has 0 saturated carbocycles. The molecule has 1 N–H and O–H groups in total. The normalized spacial score (nSPS) is 14.1. The molecule has 1 rings (SSSR count). The lowest BCUT2D eigenvalue weighted by atomic mass is 10.0. The molecule has 2 amide bonds. The summed E-state index contributed by atoms with van der Waals surface area (Å²) in [6.45, 7) is 2.96. The van der Waals surface area contributed by atoms with E-state index in [1.807, 2.05) is 0 Å². The van der Waals surface area contributed by atoms with Crippen LogP contribution in [0.1, 0.15) is 96.8 Å². The average Bonchev–Trinajstić information content (AvgIpc) is 2.90. The van der Waals surface area contributed by atoms with Gasteiger partial charge in [-0.15, -0.1) is 0 Å². The molecule has 0 spiro atoms. The van der Waals surface area contributed by atoms with Gasteiger partial charge in [-0.25, -0.2) is 10.4 Å². The fourth-order valence-corrected chi connectivity index (χ4v) is 3.07. The molecule has 24 heavy (non-hydrogen) atoms. The van der Waals surface area contributed by atoms with Crippen LogP contribution in [0.5, 0.6) is 0 Å². The van der Waals surface area contributed by atoms with Crippen LogP contribution in [0, 0.1) is 0 Å². The number of hydrogen-bond donors (Lipinski definition) is 1. The van der Waals surface area contributed by atoms with E-state index in [1.54, 1.807) is 0 Å². The Morgan fingerprint density at radius 2 is 1.04 bits per heavy atom. The number of unbranched alkanes of at least 4 members (excludes halogenated alkanes) is 13. The number of amides is 2. The molecule has 0 aliphatic carbocycles. The molecule has 0 aromatic rings. The van der Waals surface area contributed by atoms with Crippen molar-refractivity contribution in [2.45, 2.75) is 96.8 Å². The standard InChI is InChI=1S/C20H36N2O2/c1-2-3-4-5-6-7-8-9-10-11-12-13-14-15-18-21-22-19(23)16-17-20(22)24/h16-17,21H,2-15,18H2,1H3. The lowest BCUT2D eigenvalue weighted by Crippen LogP contribution is -2.42. The number of nitrogens with zero attached hydrogens (tertiary/aromatic N) is 1. The minimum absolute atomic E-state index is 0.259. The summed E-state index contributed by atoms with van der Waals surface area (Å²) in [5.41, 5.74) is 2.90. The summed E-state index contributed by atoms with van der Waals surface area (Å²) in [6.07, 6.45) is 21.3. The smallest absolute Gasteiger partial charge is 0.268 e. The highest BCUT2D eigenvalue weighted by molar-refractivity contribution is 6.12. The molecule has 0 unspecified atom stereocenters. The second-order valence-corrected chi connectivity index (χ2v) is 6.85. The quantitative estimate of drug-likeness (QED) is 0.322. The molecule has 0 bridgehead atoms. The topological polar surface area (TPSA) is 49.4 Å². The van der Waals surface area contributed by atoms with Crippen LogP contribution >= 0.6 is 0 Å². The van der Waals surface area contributed by atoms with E-state index in [9.17, 15) is 9.59 Å². The number of hydrogen-bond acceptors (Lipinski definition) is 3. The Bertz CT molecular complexity index is 362. The summed E-state index contributed by atoms with van der Waals surface area (Å²) in [5, 5.41) is 1.10. The molecular formula is C20H36N2O2. The Morgan fingerprint density at radius 3 is 1.46 bits per heavy atom. The summed E-state index contributed by atoms with van der Waals surface area (Å²) in [6, 6.07) is 0. The van der Waals surface area contributed by atoms with Crippen molar-refractivity contribution in [2.24, 2.45) is 0 Å². The number of rotatable bonds is 16. The van der Waals surface area contributed by atoms with Crippen molar-refractivity contribution in [3.63, 3.8) is 0 Å². The zero-order valence-electron chi connectivity index (χ0n) is 15.5. The minimum atomic E-state index is -0.259. The molecule has 0 atom stereocenters. The highest BCUT2D eigenvalue weighted by Gasteiger charge is 2.22. The minimum Gasteiger partial charge on any atom is -0.268 e. The number of carbonyl (C=O) groups excluding carboxylic acids is 2. The Hall–Kier alpha value is -1.16. The van der Waals surface area contributed by atoms with Gasteiger partial charge in [-0.2, -0.15) is 0 Å². The third-order valence-electron chi connectivity index (χ3n) is 4.61. The fraction of sp³-hybridized carbons (Fsp3) is 0.800. The highest BCUT2D eigenvalue weighted by atomic mass is 16.2. The lowest BCUT2D eigenvalue weighted by molar-refractivity contribution is -0.140. The summed E-state index contributed by atoms with van der Waals surface area (Å²) >= 11 is 0. The van der Waals surface area contributed by atoms with Crippen molar-refractivity contribution in [1.82, 2.24) is 10.4 Å². The van der Waals surface area contributed by atoms with Gasteiger partial charge < -0.3 is 0 Å². The van der Waals surface area contributed by atoms with Gasteiger partial charge in [-0.1, -0.05) is 90.4 Å². The third-order valence-corrected chi connectivity index (χ3v) is 4.61. The van der Waals surface area contributed by atoms with Crippen molar-refractivity contribution in [2.75, 3.05) is 6.54 Å². The zero-order valence-corrected chi connectivity index (χ0v) is 15.5. The fourth-order valence-electron chi connectivity index (χ4n) is 3.07. The third kappa shape index (κ3) is 9.86. The van der Waals surface area contributed by atoms with Gasteiger partial charge in [0.15, 0.2) is 0 Å². The molecule has 0 radical (unpaired) electrons. The van der Waals surface area contributed by atoms with Crippen LogP contribution in [0.15, 0.2) is 12.2 Å². The Labute approximate surface area is 148 Å². The number of nitrogens with one attached hydrogen (secondary N) is 1. The summed E-state index contributed by atoms with van der Waals surface area (Å²) in [5.74, 6) is -0.518. The summed E-state index contributed by atoms with van der Waals surface area (Å²) in [7, 11) is 0. The molecule has 4 nitrogen and oxygen atoms in total. The van der Waals surface area contributed by atoms with Gasteiger partial charge in [0.05, 0.1) is 0 Å². The molecule has 1 heterocycles. The van der Waals surface area contributed by atoms with E-state index < -0.39 is 0 Å². The van der Waals surface area contributed by atoms with E-state index in [0.29, 0.717) is 6.54 Å². The maximum absolute atomic E-state index is 11.3. The van der Waals surface area contributed by atoms with Crippen LogP contribution in [0.25, 0.3) is 0 Å². The van der Waals surface area contributed by atoms with Gasteiger partial charge in [0.2, 0.25) is 0 Å². The molecule has 0 aromatic carbocycles.